The minimum atomic E-state index is -1.04. The number of rotatable bonds is 5. The Morgan fingerprint density at radius 1 is 1.25 bits per heavy atom. The number of carbonyl (C=O) groups is 1. The van der Waals surface area contributed by atoms with Gasteiger partial charge in [-0.25, -0.2) is 0 Å². The number of amides is 1. The first-order valence-corrected chi connectivity index (χ1v) is 9.87. The summed E-state index contributed by atoms with van der Waals surface area (Å²) in [5.41, 5.74) is 0.00993. The molecule has 0 bridgehead atoms. The summed E-state index contributed by atoms with van der Waals surface area (Å²) in [5, 5.41) is 15.5. The minimum absolute atomic E-state index is 0.0156. The van der Waals surface area contributed by atoms with Gasteiger partial charge in [-0.05, 0) is 58.3 Å². The molecule has 1 atom stereocenters. The summed E-state index contributed by atoms with van der Waals surface area (Å²) < 4.78 is 7.68. The molecule has 0 radical (unpaired) electrons. The Kier molecular flexibility index (Phi) is 5.58. The number of hydrogen-bond donors (Lipinski definition) is 1. The number of carbonyl (C=O) groups excluding carboxylic acids is 1. The molecule has 150 valence electrons. The fourth-order valence-corrected chi connectivity index (χ4v) is 3.23. The molecule has 1 aromatic carbocycles. The van der Waals surface area contributed by atoms with E-state index in [0.29, 0.717) is 33.4 Å². The number of halogens is 2. The lowest BCUT2D eigenvalue weighted by Crippen LogP contribution is -2.50. The SMILES string of the molecule is CC1CN(c2ccc(Cl)c(Cl)c2)C(=O)c2c(BOC(C)(C)C(C)(C)O)cnn21. The van der Waals surface area contributed by atoms with Crippen molar-refractivity contribution in [3.63, 3.8) is 0 Å². The van der Waals surface area contributed by atoms with Crippen molar-refractivity contribution in [1.29, 1.82) is 0 Å². The first-order chi connectivity index (χ1) is 12.9. The molecule has 2 aromatic rings. The van der Waals surface area contributed by atoms with Crippen LogP contribution in [0.3, 0.4) is 0 Å². The van der Waals surface area contributed by atoms with Crippen LogP contribution >= 0.6 is 23.2 Å². The van der Waals surface area contributed by atoms with Gasteiger partial charge >= 0.3 is 7.48 Å². The molecule has 1 amide bonds. The van der Waals surface area contributed by atoms with Gasteiger partial charge in [0, 0.05) is 18.4 Å². The fraction of sp³-hybridized carbons (Fsp3) is 0.474. The molecule has 1 N–H and O–H groups in total. The number of hydrogen-bond acceptors (Lipinski definition) is 4. The third-order valence-corrected chi connectivity index (χ3v) is 6.20. The van der Waals surface area contributed by atoms with E-state index >= 15 is 0 Å². The molecule has 3 rings (SSSR count). The van der Waals surface area contributed by atoms with E-state index in [-0.39, 0.29) is 19.4 Å². The molecule has 1 unspecified atom stereocenters. The van der Waals surface area contributed by atoms with Gasteiger partial charge in [0.05, 0.1) is 27.3 Å². The van der Waals surface area contributed by atoms with Gasteiger partial charge in [0.1, 0.15) is 5.69 Å². The first-order valence-electron chi connectivity index (χ1n) is 9.12. The van der Waals surface area contributed by atoms with E-state index in [2.05, 4.69) is 5.10 Å². The number of aliphatic hydroxyl groups is 1. The smallest absolute Gasteiger partial charge is 0.313 e. The summed E-state index contributed by atoms with van der Waals surface area (Å²) >= 11 is 12.1. The predicted molar refractivity (Wildman–Crippen MR) is 113 cm³/mol. The third-order valence-electron chi connectivity index (χ3n) is 5.46. The van der Waals surface area contributed by atoms with E-state index in [1.807, 2.05) is 20.8 Å². The van der Waals surface area contributed by atoms with Crippen LogP contribution in [0.1, 0.15) is 51.1 Å². The van der Waals surface area contributed by atoms with Crippen molar-refractivity contribution < 1.29 is 14.6 Å². The molecule has 0 fully saturated rings. The van der Waals surface area contributed by atoms with Crippen molar-refractivity contribution in [2.75, 3.05) is 11.4 Å². The van der Waals surface area contributed by atoms with E-state index in [0.717, 1.165) is 0 Å². The van der Waals surface area contributed by atoms with Crippen LogP contribution in [0.2, 0.25) is 10.0 Å². The lowest BCUT2D eigenvalue weighted by molar-refractivity contribution is -0.0893. The average molecular weight is 424 g/mol. The zero-order valence-electron chi connectivity index (χ0n) is 16.7. The number of anilines is 1. The molecular formula is C19H24BCl2N3O3. The summed E-state index contributed by atoms with van der Waals surface area (Å²) in [4.78, 5) is 14.9. The largest absolute Gasteiger partial charge is 0.427 e. The molecule has 28 heavy (non-hydrogen) atoms. The summed E-state index contributed by atoms with van der Waals surface area (Å²) in [7, 11) is 0.167. The Labute approximate surface area is 175 Å². The quantitative estimate of drug-likeness (QED) is 0.750. The van der Waals surface area contributed by atoms with Crippen LogP contribution in [0.15, 0.2) is 24.4 Å². The topological polar surface area (TPSA) is 67.6 Å². The molecule has 2 heterocycles. The molecule has 0 aliphatic carbocycles. The predicted octanol–water partition coefficient (Wildman–Crippen LogP) is 2.95. The maximum atomic E-state index is 13.2. The minimum Gasteiger partial charge on any atom is -0.427 e. The second kappa shape index (κ2) is 7.37. The Morgan fingerprint density at radius 3 is 2.54 bits per heavy atom. The van der Waals surface area contributed by atoms with Crippen LogP contribution < -0.4 is 10.4 Å². The third kappa shape index (κ3) is 3.81. The summed E-state index contributed by atoms with van der Waals surface area (Å²) in [6, 6.07) is 5.13. The fourth-order valence-electron chi connectivity index (χ4n) is 2.94. The summed E-state index contributed by atoms with van der Waals surface area (Å²) in [5.74, 6) is -0.173. The van der Waals surface area contributed by atoms with Crippen LogP contribution in [0.5, 0.6) is 0 Å². The van der Waals surface area contributed by atoms with Crippen molar-refractivity contribution in [2.24, 2.45) is 0 Å². The van der Waals surface area contributed by atoms with Gasteiger partial charge in [0.15, 0.2) is 0 Å². The lowest BCUT2D eigenvalue weighted by Gasteiger charge is -2.37. The van der Waals surface area contributed by atoms with Crippen LogP contribution in [0, 0.1) is 0 Å². The molecule has 1 aliphatic rings. The number of nitrogens with zero attached hydrogens (tertiary/aromatic N) is 3. The second-order valence-electron chi connectivity index (χ2n) is 8.18. The molecule has 0 spiro atoms. The average Bonchev–Trinajstić information content (AvgIpc) is 3.03. The molecule has 0 saturated heterocycles. The number of aromatic nitrogens is 2. The first kappa shape index (κ1) is 21.2. The van der Waals surface area contributed by atoms with Crippen LogP contribution in [-0.2, 0) is 4.65 Å². The highest BCUT2D eigenvalue weighted by atomic mass is 35.5. The van der Waals surface area contributed by atoms with Crippen molar-refractivity contribution >= 4 is 47.7 Å². The van der Waals surface area contributed by atoms with Crippen molar-refractivity contribution in [3.05, 3.63) is 40.1 Å². The highest BCUT2D eigenvalue weighted by Crippen LogP contribution is 2.31. The molecule has 9 heteroatoms. The van der Waals surface area contributed by atoms with Gasteiger partial charge in [-0.1, -0.05) is 23.2 Å². The highest BCUT2D eigenvalue weighted by molar-refractivity contribution is 6.49. The summed E-state index contributed by atoms with van der Waals surface area (Å²) in [6.45, 7) is 9.49. The van der Waals surface area contributed by atoms with Gasteiger partial charge in [-0.15, -0.1) is 0 Å². The van der Waals surface area contributed by atoms with E-state index in [4.69, 9.17) is 27.9 Å². The van der Waals surface area contributed by atoms with E-state index in [1.54, 1.807) is 47.8 Å². The van der Waals surface area contributed by atoms with Gasteiger partial charge in [0.2, 0.25) is 0 Å². The maximum absolute atomic E-state index is 13.2. The molecule has 0 saturated carbocycles. The maximum Gasteiger partial charge on any atom is 0.313 e. The van der Waals surface area contributed by atoms with E-state index < -0.39 is 11.2 Å². The lowest BCUT2D eigenvalue weighted by atomic mass is 9.82. The standard InChI is InChI=1S/C19H24BCl2N3O3/c1-11-10-24(12-6-7-14(21)15(22)8-12)17(26)16-13(9-23-25(11)16)20-28-19(4,5)18(2,3)27/h6-9,11,20,27H,10H2,1-5H3. The van der Waals surface area contributed by atoms with Crippen LogP contribution in [0.4, 0.5) is 5.69 Å². The van der Waals surface area contributed by atoms with E-state index in [9.17, 15) is 9.90 Å². The Hall–Kier alpha value is -1.54. The Morgan fingerprint density at radius 2 is 1.93 bits per heavy atom. The van der Waals surface area contributed by atoms with Gasteiger partial charge in [-0.2, -0.15) is 5.10 Å². The highest BCUT2D eigenvalue weighted by Gasteiger charge is 2.38. The normalized spacial score (nSPS) is 17.6. The second-order valence-corrected chi connectivity index (χ2v) is 9.00. The van der Waals surface area contributed by atoms with Crippen LogP contribution in [0.25, 0.3) is 0 Å². The van der Waals surface area contributed by atoms with Gasteiger partial charge in [0.25, 0.3) is 5.91 Å². The zero-order valence-corrected chi connectivity index (χ0v) is 18.2. The Balaban J connectivity index is 1.91. The molecule has 1 aromatic heterocycles. The Bertz CT molecular complexity index is 908. The van der Waals surface area contributed by atoms with Gasteiger partial charge in [-0.3, -0.25) is 9.48 Å². The monoisotopic (exact) mass is 423 g/mol. The van der Waals surface area contributed by atoms with Crippen molar-refractivity contribution in [2.45, 2.75) is 51.9 Å². The molecule has 6 nitrogen and oxygen atoms in total. The van der Waals surface area contributed by atoms with Crippen molar-refractivity contribution in [1.82, 2.24) is 9.78 Å². The number of fused-ring (bicyclic) bond motifs is 1. The summed E-state index contributed by atoms with van der Waals surface area (Å²) in [6.07, 6.45) is 1.66. The molecular weight excluding hydrogens is 400 g/mol. The van der Waals surface area contributed by atoms with Gasteiger partial charge < -0.3 is 14.7 Å². The molecule has 1 aliphatic heterocycles. The zero-order chi connectivity index (χ0) is 20.9. The van der Waals surface area contributed by atoms with Crippen LogP contribution in [-0.4, -0.2) is 46.0 Å². The number of benzene rings is 1. The van der Waals surface area contributed by atoms with Crippen molar-refractivity contribution in [3.8, 4) is 0 Å². The van der Waals surface area contributed by atoms with E-state index in [1.165, 1.54) is 0 Å².